The molecule has 0 bridgehead atoms. The molecule has 1 atom stereocenters. The lowest BCUT2D eigenvalue weighted by Crippen LogP contribution is -2.32. The van der Waals surface area contributed by atoms with Gasteiger partial charge in [0, 0.05) is 16.9 Å². The van der Waals surface area contributed by atoms with Crippen molar-refractivity contribution in [1.82, 2.24) is 14.8 Å². The number of allylic oxidation sites excluding steroid dienone is 1. The first-order valence-electron chi connectivity index (χ1n) is 8.67. The van der Waals surface area contributed by atoms with Crippen molar-refractivity contribution in [3.8, 4) is 0 Å². The summed E-state index contributed by atoms with van der Waals surface area (Å²) >= 11 is 1.38. The Bertz CT molecular complexity index is 1060. The highest BCUT2D eigenvalue weighted by Crippen LogP contribution is 2.37. The second-order valence-corrected chi connectivity index (χ2v) is 7.05. The Morgan fingerprint density at radius 3 is 2.61 bits per heavy atom. The molecule has 0 aliphatic carbocycles. The molecule has 0 saturated carbocycles. The Balaban J connectivity index is 1.82. The summed E-state index contributed by atoms with van der Waals surface area (Å²) in [5.74, 6) is -0.248. The monoisotopic (exact) mass is 395 g/mol. The van der Waals surface area contributed by atoms with Crippen molar-refractivity contribution >= 4 is 29.3 Å². The van der Waals surface area contributed by atoms with E-state index in [1.54, 1.807) is 41.9 Å². The van der Waals surface area contributed by atoms with E-state index in [2.05, 4.69) is 20.7 Å². The van der Waals surface area contributed by atoms with E-state index in [9.17, 15) is 9.18 Å². The highest BCUT2D eigenvalue weighted by atomic mass is 32.2. The Kier molecular flexibility index (Phi) is 4.87. The molecule has 0 fully saturated rings. The van der Waals surface area contributed by atoms with E-state index in [1.807, 2.05) is 24.5 Å². The van der Waals surface area contributed by atoms with E-state index in [1.165, 1.54) is 17.8 Å². The first kappa shape index (κ1) is 18.2. The van der Waals surface area contributed by atoms with Gasteiger partial charge in [0.1, 0.15) is 11.9 Å². The smallest absolute Gasteiger partial charge is 0.255 e. The minimum atomic E-state index is -0.727. The van der Waals surface area contributed by atoms with Crippen molar-refractivity contribution < 1.29 is 9.18 Å². The summed E-state index contributed by atoms with van der Waals surface area (Å²) in [6.45, 7) is 1.78. The van der Waals surface area contributed by atoms with E-state index in [4.69, 9.17) is 0 Å². The molecule has 2 N–H and O–H groups in total. The third-order valence-electron chi connectivity index (χ3n) is 4.49. The lowest BCUT2D eigenvalue weighted by atomic mass is 9.94. The average Bonchev–Trinajstić information content (AvgIpc) is 3.11. The van der Waals surface area contributed by atoms with Gasteiger partial charge in [-0.15, -0.1) is 5.10 Å². The van der Waals surface area contributed by atoms with Crippen LogP contribution in [0, 0.1) is 5.82 Å². The van der Waals surface area contributed by atoms with Crippen molar-refractivity contribution in [2.75, 3.05) is 16.9 Å². The number of hydrogen-bond acceptors (Lipinski definition) is 5. The van der Waals surface area contributed by atoms with Crippen LogP contribution in [-0.4, -0.2) is 26.9 Å². The normalized spacial score (nSPS) is 15.8. The fraction of sp³-hybridized carbons (Fsp3) is 0.150. The van der Waals surface area contributed by atoms with Crippen molar-refractivity contribution in [3.63, 3.8) is 0 Å². The molecule has 142 valence electrons. The molecule has 28 heavy (non-hydrogen) atoms. The van der Waals surface area contributed by atoms with Gasteiger partial charge in [-0.25, -0.2) is 9.07 Å². The largest absolute Gasteiger partial charge is 0.328 e. The Morgan fingerprint density at radius 1 is 1.18 bits per heavy atom. The maximum Gasteiger partial charge on any atom is 0.255 e. The molecule has 3 aromatic rings. The molecule has 1 aliphatic rings. The van der Waals surface area contributed by atoms with Crippen LogP contribution >= 0.6 is 11.8 Å². The van der Waals surface area contributed by atoms with Crippen LogP contribution in [-0.2, 0) is 4.79 Å². The van der Waals surface area contributed by atoms with E-state index in [-0.39, 0.29) is 5.91 Å². The molecule has 2 aromatic carbocycles. The number of benzene rings is 2. The lowest BCUT2D eigenvalue weighted by molar-refractivity contribution is -0.113. The van der Waals surface area contributed by atoms with Crippen LogP contribution < -0.4 is 10.6 Å². The van der Waals surface area contributed by atoms with E-state index in [0.29, 0.717) is 33.6 Å². The maximum absolute atomic E-state index is 14.7. The Hall–Kier alpha value is -3.13. The molecule has 0 radical (unpaired) electrons. The summed E-state index contributed by atoms with van der Waals surface area (Å²) in [5.41, 5.74) is 2.02. The van der Waals surface area contributed by atoms with Gasteiger partial charge in [-0.05, 0) is 31.4 Å². The zero-order chi connectivity index (χ0) is 19.7. The van der Waals surface area contributed by atoms with Crippen molar-refractivity contribution in [1.29, 1.82) is 0 Å². The SMILES string of the molecule is CSc1nc2n(n1)[C@@H](c1ccccc1F)C(C(=O)Nc1ccccc1)=C(C)N2. The molecule has 1 aliphatic heterocycles. The van der Waals surface area contributed by atoms with Gasteiger partial charge in [0.2, 0.25) is 11.1 Å². The quantitative estimate of drug-likeness (QED) is 0.652. The minimum absolute atomic E-state index is 0.323. The van der Waals surface area contributed by atoms with Gasteiger partial charge < -0.3 is 10.6 Å². The first-order chi connectivity index (χ1) is 13.6. The second-order valence-electron chi connectivity index (χ2n) is 6.27. The van der Waals surface area contributed by atoms with Crippen LogP contribution in [0.3, 0.4) is 0 Å². The van der Waals surface area contributed by atoms with Crippen LogP contribution in [0.5, 0.6) is 0 Å². The van der Waals surface area contributed by atoms with Gasteiger partial charge in [-0.2, -0.15) is 4.98 Å². The molecule has 0 spiro atoms. The number of amides is 1. The Morgan fingerprint density at radius 2 is 1.89 bits per heavy atom. The number of anilines is 2. The zero-order valence-electron chi connectivity index (χ0n) is 15.3. The number of carbonyl (C=O) groups is 1. The van der Waals surface area contributed by atoms with Crippen molar-refractivity contribution in [3.05, 3.63) is 77.2 Å². The zero-order valence-corrected chi connectivity index (χ0v) is 16.1. The summed E-state index contributed by atoms with van der Waals surface area (Å²) in [6.07, 6.45) is 1.86. The molecular formula is C20H18FN5OS. The van der Waals surface area contributed by atoms with Crippen LogP contribution in [0.25, 0.3) is 0 Å². The third kappa shape index (κ3) is 3.27. The lowest BCUT2D eigenvalue weighted by Gasteiger charge is -2.28. The number of halogens is 1. The Labute approximate surface area is 165 Å². The van der Waals surface area contributed by atoms with Crippen LogP contribution in [0.1, 0.15) is 18.5 Å². The second kappa shape index (κ2) is 7.47. The van der Waals surface area contributed by atoms with Gasteiger partial charge >= 0.3 is 0 Å². The number of rotatable bonds is 4. The van der Waals surface area contributed by atoms with Crippen molar-refractivity contribution in [2.24, 2.45) is 0 Å². The van der Waals surface area contributed by atoms with Crippen LogP contribution in [0.2, 0.25) is 0 Å². The molecule has 1 amide bonds. The average molecular weight is 395 g/mol. The predicted molar refractivity (Wildman–Crippen MR) is 108 cm³/mol. The molecule has 1 aromatic heterocycles. The number of hydrogen-bond donors (Lipinski definition) is 2. The molecule has 0 unspecified atom stereocenters. The summed E-state index contributed by atoms with van der Waals surface area (Å²) < 4.78 is 16.3. The van der Waals surface area contributed by atoms with Crippen molar-refractivity contribution in [2.45, 2.75) is 18.1 Å². The number of nitrogens with zero attached hydrogens (tertiary/aromatic N) is 3. The van der Waals surface area contributed by atoms with Crippen LogP contribution in [0.4, 0.5) is 16.0 Å². The fourth-order valence-corrected chi connectivity index (χ4v) is 3.56. The summed E-state index contributed by atoms with van der Waals surface area (Å²) in [6, 6.07) is 14.8. The molecular weight excluding hydrogens is 377 g/mol. The molecule has 6 nitrogen and oxygen atoms in total. The van der Waals surface area contributed by atoms with Gasteiger partial charge in [0.05, 0.1) is 5.57 Å². The van der Waals surface area contributed by atoms with E-state index >= 15 is 0 Å². The topological polar surface area (TPSA) is 71.8 Å². The maximum atomic E-state index is 14.7. The number of nitrogens with one attached hydrogen (secondary N) is 2. The molecule has 8 heteroatoms. The number of fused-ring (bicyclic) bond motifs is 1. The van der Waals surface area contributed by atoms with Gasteiger partial charge in [-0.1, -0.05) is 48.2 Å². The fourth-order valence-electron chi connectivity index (χ4n) is 3.22. The molecule has 2 heterocycles. The summed E-state index contributed by atoms with van der Waals surface area (Å²) in [4.78, 5) is 17.6. The predicted octanol–water partition coefficient (Wildman–Crippen LogP) is 4.07. The summed E-state index contributed by atoms with van der Waals surface area (Å²) in [5, 5.41) is 11.0. The van der Waals surface area contributed by atoms with E-state index < -0.39 is 11.9 Å². The number of carbonyl (C=O) groups excluding carboxylic acids is 1. The van der Waals surface area contributed by atoms with Gasteiger partial charge in [0.15, 0.2) is 0 Å². The highest BCUT2D eigenvalue weighted by molar-refractivity contribution is 7.98. The van der Waals surface area contributed by atoms with Crippen LogP contribution in [0.15, 0.2) is 71.0 Å². The molecule has 0 saturated heterocycles. The minimum Gasteiger partial charge on any atom is -0.328 e. The standard InChI is InChI=1S/C20H18FN5OS/c1-12-16(18(27)23-13-8-4-3-5-9-13)17(14-10-6-7-11-15(14)21)26-19(22-12)24-20(25-26)28-2/h3-11,17H,1-2H3,(H,23,27)(H,22,24,25)/t17-/m0/s1. The highest BCUT2D eigenvalue weighted by Gasteiger charge is 2.35. The summed E-state index contributed by atoms with van der Waals surface area (Å²) in [7, 11) is 0. The number of thioether (sulfide) groups is 1. The van der Waals surface area contributed by atoms with E-state index in [0.717, 1.165) is 0 Å². The molecule has 4 rings (SSSR count). The van der Waals surface area contributed by atoms with Gasteiger partial charge in [0.25, 0.3) is 5.91 Å². The third-order valence-corrected chi connectivity index (χ3v) is 5.03. The number of aromatic nitrogens is 3. The van der Waals surface area contributed by atoms with Gasteiger partial charge in [-0.3, -0.25) is 4.79 Å². The number of para-hydroxylation sites is 1. The first-order valence-corrected chi connectivity index (χ1v) is 9.90.